The van der Waals surface area contributed by atoms with Crippen LogP contribution in [0.25, 0.3) is 0 Å². The lowest BCUT2D eigenvalue weighted by Gasteiger charge is -2.13. The molecule has 1 aromatic carbocycles. The molecule has 3 amide bonds. The molecule has 1 heterocycles. The Morgan fingerprint density at radius 2 is 2.08 bits per heavy atom. The summed E-state index contributed by atoms with van der Waals surface area (Å²) in [5, 5.41) is 16.9. The predicted molar refractivity (Wildman–Crippen MR) is 97.9 cm³/mol. The number of hydrogen-bond donors (Lipinski definition) is 3. The van der Waals surface area contributed by atoms with Gasteiger partial charge in [0, 0.05) is 37.1 Å². The van der Waals surface area contributed by atoms with Gasteiger partial charge in [-0.25, -0.2) is 4.79 Å². The van der Waals surface area contributed by atoms with Gasteiger partial charge in [0.2, 0.25) is 0 Å². The van der Waals surface area contributed by atoms with Crippen molar-refractivity contribution in [3.63, 3.8) is 0 Å². The van der Waals surface area contributed by atoms with E-state index in [0.717, 1.165) is 10.7 Å². The molecular formula is C16H22N6O2S. The highest BCUT2D eigenvalue weighted by Gasteiger charge is 2.12. The van der Waals surface area contributed by atoms with Crippen LogP contribution in [-0.4, -0.2) is 45.5 Å². The fraction of sp³-hybridized carbons (Fsp3) is 0.375. The number of anilines is 1. The predicted octanol–water partition coefficient (Wildman–Crippen LogP) is 1.79. The van der Waals surface area contributed by atoms with Crippen molar-refractivity contribution in [3.8, 4) is 0 Å². The second-order valence-corrected chi connectivity index (χ2v) is 6.35. The normalized spacial score (nSPS) is 10.4. The van der Waals surface area contributed by atoms with Crippen LogP contribution >= 0.6 is 11.8 Å². The third-order valence-electron chi connectivity index (χ3n) is 3.45. The average Bonchev–Trinajstić information content (AvgIpc) is 2.99. The van der Waals surface area contributed by atoms with E-state index < -0.39 is 0 Å². The highest BCUT2D eigenvalue weighted by atomic mass is 32.2. The monoisotopic (exact) mass is 362 g/mol. The van der Waals surface area contributed by atoms with Crippen molar-refractivity contribution in [3.05, 3.63) is 35.7 Å². The van der Waals surface area contributed by atoms with Crippen molar-refractivity contribution in [2.24, 2.45) is 7.05 Å². The molecule has 9 heteroatoms. The Morgan fingerprint density at radius 1 is 1.28 bits per heavy atom. The van der Waals surface area contributed by atoms with Crippen LogP contribution in [0, 0.1) is 6.92 Å². The summed E-state index contributed by atoms with van der Waals surface area (Å²) in [6.07, 6.45) is 1.63. The minimum atomic E-state index is -0.310. The molecule has 0 aliphatic heterocycles. The van der Waals surface area contributed by atoms with Gasteiger partial charge in [-0.1, -0.05) is 17.8 Å². The highest BCUT2D eigenvalue weighted by molar-refractivity contribution is 7.99. The molecule has 0 spiro atoms. The van der Waals surface area contributed by atoms with Crippen LogP contribution in [-0.2, 0) is 7.05 Å². The Kier molecular flexibility index (Phi) is 6.81. The Balaban J connectivity index is 1.85. The SMILES string of the molecule is CCNC(=O)c1cccc(NC(=O)NCCSc2nncn2C)c1C. The average molecular weight is 362 g/mol. The number of nitrogens with one attached hydrogen (secondary N) is 3. The van der Waals surface area contributed by atoms with Crippen LogP contribution in [0.3, 0.4) is 0 Å². The second kappa shape index (κ2) is 9.07. The summed E-state index contributed by atoms with van der Waals surface area (Å²) in [6, 6.07) is 4.94. The van der Waals surface area contributed by atoms with Gasteiger partial charge in [0.05, 0.1) is 0 Å². The molecule has 25 heavy (non-hydrogen) atoms. The van der Waals surface area contributed by atoms with E-state index in [9.17, 15) is 9.59 Å². The summed E-state index contributed by atoms with van der Waals surface area (Å²) < 4.78 is 1.82. The van der Waals surface area contributed by atoms with E-state index in [2.05, 4.69) is 26.1 Å². The molecule has 0 radical (unpaired) electrons. The zero-order chi connectivity index (χ0) is 18.2. The van der Waals surface area contributed by atoms with E-state index in [4.69, 9.17) is 0 Å². The van der Waals surface area contributed by atoms with Crippen molar-refractivity contribution < 1.29 is 9.59 Å². The number of rotatable bonds is 7. The van der Waals surface area contributed by atoms with Crippen LogP contribution in [0.4, 0.5) is 10.5 Å². The van der Waals surface area contributed by atoms with Crippen LogP contribution in [0.5, 0.6) is 0 Å². The number of carbonyl (C=O) groups is 2. The molecule has 134 valence electrons. The van der Waals surface area contributed by atoms with Crippen molar-refractivity contribution in [1.29, 1.82) is 0 Å². The number of nitrogens with zero attached hydrogens (tertiary/aromatic N) is 3. The lowest BCUT2D eigenvalue weighted by atomic mass is 10.1. The van der Waals surface area contributed by atoms with Crippen molar-refractivity contribution in [2.45, 2.75) is 19.0 Å². The van der Waals surface area contributed by atoms with Gasteiger partial charge in [-0.15, -0.1) is 10.2 Å². The van der Waals surface area contributed by atoms with Crippen molar-refractivity contribution in [1.82, 2.24) is 25.4 Å². The molecule has 0 atom stereocenters. The Labute approximate surface area is 150 Å². The van der Waals surface area contributed by atoms with Gasteiger partial charge in [-0.3, -0.25) is 4.79 Å². The van der Waals surface area contributed by atoms with Gasteiger partial charge in [0.1, 0.15) is 6.33 Å². The summed E-state index contributed by atoms with van der Waals surface area (Å²) >= 11 is 1.51. The number of thioether (sulfide) groups is 1. The van der Waals surface area contributed by atoms with Crippen LogP contribution in [0.15, 0.2) is 29.7 Å². The second-order valence-electron chi connectivity index (χ2n) is 5.29. The number of aryl methyl sites for hydroxylation is 1. The van der Waals surface area contributed by atoms with Gasteiger partial charge in [0.25, 0.3) is 5.91 Å². The first-order valence-corrected chi connectivity index (χ1v) is 8.91. The molecule has 0 aliphatic rings. The zero-order valence-electron chi connectivity index (χ0n) is 14.5. The highest BCUT2D eigenvalue weighted by Crippen LogP contribution is 2.19. The van der Waals surface area contributed by atoms with E-state index in [1.165, 1.54) is 11.8 Å². The molecule has 0 fully saturated rings. The maximum absolute atomic E-state index is 12.0. The number of benzene rings is 1. The van der Waals surface area contributed by atoms with E-state index in [1.807, 2.05) is 25.5 Å². The van der Waals surface area contributed by atoms with Gasteiger partial charge in [-0.05, 0) is 31.5 Å². The molecule has 8 nitrogen and oxygen atoms in total. The van der Waals surface area contributed by atoms with Gasteiger partial charge < -0.3 is 20.5 Å². The largest absolute Gasteiger partial charge is 0.352 e. The maximum atomic E-state index is 12.0. The molecule has 1 aromatic heterocycles. The summed E-state index contributed by atoms with van der Waals surface area (Å²) in [6.45, 7) is 4.71. The zero-order valence-corrected chi connectivity index (χ0v) is 15.3. The Bertz CT molecular complexity index is 746. The number of amides is 3. The first-order chi connectivity index (χ1) is 12.0. The fourth-order valence-electron chi connectivity index (χ4n) is 2.15. The molecule has 2 rings (SSSR count). The lowest BCUT2D eigenvalue weighted by molar-refractivity contribution is 0.0955. The van der Waals surface area contributed by atoms with E-state index in [1.54, 1.807) is 24.5 Å². The van der Waals surface area contributed by atoms with Gasteiger partial charge in [0.15, 0.2) is 5.16 Å². The summed E-state index contributed by atoms with van der Waals surface area (Å²) in [4.78, 5) is 24.0. The molecule has 3 N–H and O–H groups in total. The smallest absolute Gasteiger partial charge is 0.319 e. The molecule has 2 aromatic rings. The number of hydrogen-bond acceptors (Lipinski definition) is 5. The van der Waals surface area contributed by atoms with E-state index in [-0.39, 0.29) is 11.9 Å². The molecule has 0 saturated carbocycles. The van der Waals surface area contributed by atoms with Crippen molar-refractivity contribution in [2.75, 3.05) is 24.2 Å². The van der Waals surface area contributed by atoms with Crippen molar-refractivity contribution >= 4 is 29.4 Å². The molecule has 0 aliphatic carbocycles. The molecule has 0 unspecified atom stereocenters. The minimum Gasteiger partial charge on any atom is -0.352 e. The number of carbonyl (C=O) groups excluding carboxylic acids is 2. The first kappa shape index (κ1) is 18.8. The third-order valence-corrected chi connectivity index (χ3v) is 4.49. The van der Waals surface area contributed by atoms with Gasteiger partial charge in [-0.2, -0.15) is 0 Å². The summed E-state index contributed by atoms with van der Waals surface area (Å²) in [5.74, 6) is 0.530. The Hall–Kier alpha value is -2.55. The summed E-state index contributed by atoms with van der Waals surface area (Å²) in [7, 11) is 1.87. The van der Waals surface area contributed by atoms with E-state index in [0.29, 0.717) is 30.1 Å². The fourth-order valence-corrected chi connectivity index (χ4v) is 2.89. The Morgan fingerprint density at radius 3 is 2.76 bits per heavy atom. The van der Waals surface area contributed by atoms with Crippen LogP contribution in [0.2, 0.25) is 0 Å². The number of urea groups is 1. The topological polar surface area (TPSA) is 101 Å². The minimum absolute atomic E-state index is 0.149. The standard InChI is InChI=1S/C16H22N6O2S/c1-4-17-14(23)12-6-5-7-13(11(12)2)20-15(24)18-8-9-25-16-21-19-10-22(16)3/h5-7,10H,4,8-9H2,1-3H3,(H,17,23)(H2,18,20,24). The van der Waals surface area contributed by atoms with E-state index >= 15 is 0 Å². The number of aromatic nitrogens is 3. The maximum Gasteiger partial charge on any atom is 0.319 e. The molecule has 0 saturated heterocycles. The quantitative estimate of drug-likeness (QED) is 0.515. The molecular weight excluding hydrogens is 340 g/mol. The molecule has 0 bridgehead atoms. The third kappa shape index (κ3) is 5.21. The summed E-state index contributed by atoms with van der Waals surface area (Å²) in [5.41, 5.74) is 1.90. The van der Waals surface area contributed by atoms with Crippen LogP contribution < -0.4 is 16.0 Å². The van der Waals surface area contributed by atoms with Crippen LogP contribution in [0.1, 0.15) is 22.8 Å². The first-order valence-electron chi connectivity index (χ1n) is 7.92. The van der Waals surface area contributed by atoms with Gasteiger partial charge >= 0.3 is 6.03 Å². The lowest BCUT2D eigenvalue weighted by Crippen LogP contribution is -2.31.